The van der Waals surface area contributed by atoms with Gasteiger partial charge in [0, 0.05) is 19.2 Å². The minimum absolute atomic E-state index is 0.646. The molecule has 1 N–H and O–H groups in total. The zero-order valence-corrected chi connectivity index (χ0v) is 11.5. The SMILES string of the molecule is CC(C)COCCNC1C(C)CCCC1C. The summed E-state index contributed by atoms with van der Waals surface area (Å²) in [7, 11) is 0. The largest absolute Gasteiger partial charge is 0.380 e. The van der Waals surface area contributed by atoms with E-state index in [1.807, 2.05) is 0 Å². The van der Waals surface area contributed by atoms with Crippen molar-refractivity contribution in [1.82, 2.24) is 5.32 Å². The second kappa shape index (κ2) is 7.29. The molecule has 1 aliphatic rings. The summed E-state index contributed by atoms with van der Waals surface area (Å²) in [5, 5.41) is 3.67. The molecule has 0 amide bonds. The van der Waals surface area contributed by atoms with Gasteiger partial charge in [-0.15, -0.1) is 0 Å². The van der Waals surface area contributed by atoms with E-state index in [2.05, 4.69) is 33.0 Å². The van der Waals surface area contributed by atoms with Crippen LogP contribution in [0.25, 0.3) is 0 Å². The van der Waals surface area contributed by atoms with Gasteiger partial charge in [-0.05, 0) is 30.6 Å². The van der Waals surface area contributed by atoms with Crippen molar-refractivity contribution in [3.63, 3.8) is 0 Å². The van der Waals surface area contributed by atoms with Crippen molar-refractivity contribution in [2.45, 2.75) is 53.0 Å². The third-order valence-electron chi connectivity index (χ3n) is 3.62. The molecule has 2 atom stereocenters. The molecule has 2 nitrogen and oxygen atoms in total. The van der Waals surface area contributed by atoms with Crippen LogP contribution in [0.4, 0.5) is 0 Å². The highest BCUT2D eigenvalue weighted by atomic mass is 16.5. The third kappa shape index (κ3) is 4.84. The van der Waals surface area contributed by atoms with Crippen LogP contribution < -0.4 is 5.32 Å². The first-order valence-corrected chi connectivity index (χ1v) is 6.92. The fourth-order valence-corrected chi connectivity index (χ4v) is 2.70. The predicted octanol–water partition coefficient (Wildman–Crippen LogP) is 3.07. The minimum Gasteiger partial charge on any atom is -0.380 e. The van der Waals surface area contributed by atoms with E-state index >= 15 is 0 Å². The number of hydrogen-bond acceptors (Lipinski definition) is 2. The molecule has 1 fully saturated rings. The van der Waals surface area contributed by atoms with Gasteiger partial charge in [-0.1, -0.05) is 34.1 Å². The summed E-state index contributed by atoms with van der Waals surface area (Å²) in [5.74, 6) is 2.30. The van der Waals surface area contributed by atoms with E-state index in [1.165, 1.54) is 19.3 Å². The van der Waals surface area contributed by atoms with Gasteiger partial charge >= 0.3 is 0 Å². The summed E-state index contributed by atoms with van der Waals surface area (Å²) in [6.07, 6.45) is 4.17. The van der Waals surface area contributed by atoms with E-state index in [0.717, 1.165) is 31.6 Å². The van der Waals surface area contributed by atoms with Crippen molar-refractivity contribution in [2.24, 2.45) is 17.8 Å². The molecule has 1 aliphatic carbocycles. The molecule has 1 saturated carbocycles. The molecular weight excluding hydrogens is 198 g/mol. The monoisotopic (exact) mass is 227 g/mol. The Balaban J connectivity index is 2.10. The van der Waals surface area contributed by atoms with Crippen molar-refractivity contribution < 1.29 is 4.74 Å². The summed E-state index contributed by atoms with van der Waals surface area (Å²) < 4.78 is 5.59. The highest BCUT2D eigenvalue weighted by molar-refractivity contribution is 4.83. The van der Waals surface area contributed by atoms with Crippen LogP contribution in [0.2, 0.25) is 0 Å². The van der Waals surface area contributed by atoms with E-state index in [1.54, 1.807) is 0 Å². The Morgan fingerprint density at radius 2 is 1.81 bits per heavy atom. The van der Waals surface area contributed by atoms with Crippen LogP contribution in [-0.2, 0) is 4.74 Å². The number of hydrogen-bond donors (Lipinski definition) is 1. The lowest BCUT2D eigenvalue weighted by Gasteiger charge is -2.35. The molecule has 0 saturated heterocycles. The van der Waals surface area contributed by atoms with Crippen molar-refractivity contribution in [3.8, 4) is 0 Å². The maximum Gasteiger partial charge on any atom is 0.0591 e. The molecule has 0 aromatic heterocycles. The van der Waals surface area contributed by atoms with Gasteiger partial charge in [0.2, 0.25) is 0 Å². The van der Waals surface area contributed by atoms with Crippen molar-refractivity contribution in [1.29, 1.82) is 0 Å². The van der Waals surface area contributed by atoms with Gasteiger partial charge in [-0.3, -0.25) is 0 Å². The Hall–Kier alpha value is -0.0800. The van der Waals surface area contributed by atoms with Gasteiger partial charge < -0.3 is 10.1 Å². The summed E-state index contributed by atoms with van der Waals surface area (Å²) in [6.45, 7) is 11.9. The topological polar surface area (TPSA) is 21.3 Å². The molecule has 0 bridgehead atoms. The predicted molar refractivity (Wildman–Crippen MR) is 69.6 cm³/mol. The maximum absolute atomic E-state index is 5.59. The third-order valence-corrected chi connectivity index (χ3v) is 3.62. The first-order valence-electron chi connectivity index (χ1n) is 6.92. The summed E-state index contributed by atoms with van der Waals surface area (Å²) in [5.41, 5.74) is 0. The maximum atomic E-state index is 5.59. The highest BCUT2D eigenvalue weighted by Crippen LogP contribution is 2.28. The van der Waals surface area contributed by atoms with Crippen LogP contribution in [0.1, 0.15) is 47.0 Å². The molecular formula is C14H29NO. The zero-order chi connectivity index (χ0) is 12.0. The number of ether oxygens (including phenoxy) is 1. The first kappa shape index (κ1) is 14.0. The fraction of sp³-hybridized carbons (Fsp3) is 1.00. The molecule has 96 valence electrons. The fourth-order valence-electron chi connectivity index (χ4n) is 2.70. The molecule has 0 aliphatic heterocycles. The van der Waals surface area contributed by atoms with Crippen molar-refractivity contribution in [3.05, 3.63) is 0 Å². The molecule has 2 unspecified atom stereocenters. The molecule has 16 heavy (non-hydrogen) atoms. The van der Waals surface area contributed by atoms with Gasteiger partial charge in [0.15, 0.2) is 0 Å². The van der Waals surface area contributed by atoms with Gasteiger partial charge in [0.05, 0.1) is 6.61 Å². The smallest absolute Gasteiger partial charge is 0.0591 e. The van der Waals surface area contributed by atoms with E-state index in [0.29, 0.717) is 12.0 Å². The van der Waals surface area contributed by atoms with E-state index in [9.17, 15) is 0 Å². The van der Waals surface area contributed by atoms with Gasteiger partial charge in [-0.2, -0.15) is 0 Å². The van der Waals surface area contributed by atoms with Crippen molar-refractivity contribution >= 4 is 0 Å². The number of rotatable bonds is 6. The highest BCUT2D eigenvalue weighted by Gasteiger charge is 2.26. The lowest BCUT2D eigenvalue weighted by atomic mass is 9.79. The Bertz CT molecular complexity index is 172. The van der Waals surface area contributed by atoms with Gasteiger partial charge in [0.1, 0.15) is 0 Å². The molecule has 2 heteroatoms. The Morgan fingerprint density at radius 1 is 1.19 bits per heavy atom. The van der Waals surface area contributed by atoms with Crippen LogP contribution in [0.5, 0.6) is 0 Å². The summed E-state index contributed by atoms with van der Waals surface area (Å²) in [6, 6.07) is 0.705. The first-order chi connectivity index (χ1) is 7.61. The van der Waals surface area contributed by atoms with E-state index in [4.69, 9.17) is 4.74 Å². The minimum atomic E-state index is 0.646. The molecule has 0 aromatic rings. The summed E-state index contributed by atoms with van der Waals surface area (Å²) >= 11 is 0. The Morgan fingerprint density at radius 3 is 2.38 bits per heavy atom. The lowest BCUT2D eigenvalue weighted by molar-refractivity contribution is 0.102. The molecule has 0 radical (unpaired) electrons. The average molecular weight is 227 g/mol. The van der Waals surface area contributed by atoms with E-state index < -0.39 is 0 Å². The van der Waals surface area contributed by atoms with Crippen LogP contribution >= 0.6 is 0 Å². The number of nitrogens with one attached hydrogen (secondary N) is 1. The average Bonchev–Trinajstić information content (AvgIpc) is 2.21. The van der Waals surface area contributed by atoms with Crippen molar-refractivity contribution in [2.75, 3.05) is 19.8 Å². The zero-order valence-electron chi connectivity index (χ0n) is 11.5. The standard InChI is InChI=1S/C14H29NO/c1-11(2)10-16-9-8-15-14-12(3)6-5-7-13(14)4/h11-15H,5-10H2,1-4H3. The Labute approximate surface area is 101 Å². The quantitative estimate of drug-likeness (QED) is 0.704. The van der Waals surface area contributed by atoms with Crippen LogP contribution in [-0.4, -0.2) is 25.8 Å². The van der Waals surface area contributed by atoms with Gasteiger partial charge in [-0.25, -0.2) is 0 Å². The molecule has 0 spiro atoms. The van der Waals surface area contributed by atoms with Crippen LogP contribution in [0.3, 0.4) is 0 Å². The second-order valence-corrected chi connectivity index (χ2v) is 5.83. The Kier molecular flexibility index (Phi) is 6.37. The molecule has 0 aromatic carbocycles. The molecule has 1 rings (SSSR count). The van der Waals surface area contributed by atoms with Crippen LogP contribution in [0, 0.1) is 17.8 Å². The summed E-state index contributed by atoms with van der Waals surface area (Å²) in [4.78, 5) is 0. The van der Waals surface area contributed by atoms with Crippen LogP contribution in [0.15, 0.2) is 0 Å². The molecule has 0 heterocycles. The lowest BCUT2D eigenvalue weighted by Crippen LogP contribution is -2.44. The normalized spacial score (nSPS) is 30.9. The second-order valence-electron chi connectivity index (χ2n) is 5.83. The van der Waals surface area contributed by atoms with E-state index in [-0.39, 0.29) is 0 Å². The van der Waals surface area contributed by atoms with Gasteiger partial charge in [0.25, 0.3) is 0 Å².